The summed E-state index contributed by atoms with van der Waals surface area (Å²) >= 11 is 1.61. The van der Waals surface area contributed by atoms with E-state index in [4.69, 9.17) is 0 Å². The number of nitrogens with zero attached hydrogens (tertiary/aromatic N) is 2. The van der Waals surface area contributed by atoms with Crippen LogP contribution in [0.25, 0.3) is 10.7 Å². The predicted octanol–water partition coefficient (Wildman–Crippen LogP) is 2.93. The number of imidazole rings is 1. The van der Waals surface area contributed by atoms with Crippen LogP contribution in [0, 0.1) is 11.8 Å². The van der Waals surface area contributed by atoms with Gasteiger partial charge in [0.2, 0.25) is 0 Å². The summed E-state index contributed by atoms with van der Waals surface area (Å²) in [6.07, 6.45) is 5.30. The lowest BCUT2D eigenvalue weighted by Crippen LogP contribution is -1.77. The van der Waals surface area contributed by atoms with E-state index in [0.29, 0.717) is 0 Å². The van der Waals surface area contributed by atoms with Crippen molar-refractivity contribution in [1.29, 1.82) is 0 Å². The van der Waals surface area contributed by atoms with Crippen molar-refractivity contribution in [3.63, 3.8) is 0 Å². The van der Waals surface area contributed by atoms with E-state index in [1.54, 1.807) is 23.7 Å². The summed E-state index contributed by atoms with van der Waals surface area (Å²) in [5.41, 5.74) is 0.783. The highest BCUT2D eigenvalue weighted by molar-refractivity contribution is 7.15. The van der Waals surface area contributed by atoms with Crippen LogP contribution in [0.2, 0.25) is 0 Å². The minimum Gasteiger partial charge on any atom is -0.344 e. The largest absolute Gasteiger partial charge is 0.344 e. The monoisotopic (exact) mass is 251 g/mol. The maximum absolute atomic E-state index is 4.21. The summed E-state index contributed by atoms with van der Waals surface area (Å²) < 4.78 is 0. The van der Waals surface area contributed by atoms with Gasteiger partial charge in [-0.1, -0.05) is 6.07 Å². The number of rotatable bonds is 1. The highest BCUT2D eigenvalue weighted by atomic mass is 32.1. The molecule has 0 aromatic carbocycles. The summed E-state index contributed by atoms with van der Waals surface area (Å²) in [5.74, 6) is 7.03. The topological polar surface area (TPSA) is 41.6 Å². The first kappa shape index (κ1) is 10.8. The summed E-state index contributed by atoms with van der Waals surface area (Å²) in [6, 6.07) is 9.73. The van der Waals surface area contributed by atoms with E-state index in [9.17, 15) is 0 Å². The van der Waals surface area contributed by atoms with Gasteiger partial charge in [0.1, 0.15) is 11.5 Å². The normalized spacial score (nSPS) is 9.78. The second kappa shape index (κ2) is 4.86. The fourth-order valence-electron chi connectivity index (χ4n) is 1.49. The Morgan fingerprint density at radius 3 is 2.78 bits per heavy atom. The van der Waals surface area contributed by atoms with Gasteiger partial charge in [0.15, 0.2) is 0 Å². The van der Waals surface area contributed by atoms with Crippen molar-refractivity contribution >= 4 is 11.3 Å². The van der Waals surface area contributed by atoms with Crippen molar-refractivity contribution in [3.8, 4) is 22.5 Å². The molecule has 86 valence electrons. The SMILES string of the molecule is C(#Cc1ccc(-c2ncc[nH]2)s1)c1ccccn1. The van der Waals surface area contributed by atoms with Crippen LogP contribution < -0.4 is 0 Å². The minimum atomic E-state index is 0.783. The first-order chi connectivity index (χ1) is 8.92. The molecule has 0 saturated heterocycles. The molecule has 3 rings (SSSR count). The fourth-order valence-corrected chi connectivity index (χ4v) is 2.31. The predicted molar refractivity (Wildman–Crippen MR) is 72.1 cm³/mol. The lowest BCUT2D eigenvalue weighted by molar-refractivity contribution is 1.29. The van der Waals surface area contributed by atoms with E-state index < -0.39 is 0 Å². The summed E-state index contributed by atoms with van der Waals surface area (Å²) in [6.45, 7) is 0. The quantitative estimate of drug-likeness (QED) is 0.676. The molecule has 3 aromatic heterocycles. The lowest BCUT2D eigenvalue weighted by Gasteiger charge is -1.87. The van der Waals surface area contributed by atoms with Crippen LogP contribution in [0.5, 0.6) is 0 Å². The highest BCUT2D eigenvalue weighted by Crippen LogP contribution is 2.24. The molecule has 0 radical (unpaired) electrons. The number of H-pyrrole nitrogens is 1. The average molecular weight is 251 g/mol. The Balaban J connectivity index is 1.85. The van der Waals surface area contributed by atoms with Gasteiger partial charge in [0, 0.05) is 18.6 Å². The molecule has 4 heteroatoms. The zero-order valence-electron chi connectivity index (χ0n) is 9.42. The maximum Gasteiger partial charge on any atom is 0.147 e. The second-order valence-electron chi connectivity index (χ2n) is 3.57. The number of aromatic amines is 1. The first-order valence-corrected chi connectivity index (χ1v) is 6.26. The van der Waals surface area contributed by atoms with Crippen molar-refractivity contribution in [3.05, 3.63) is 59.5 Å². The third-order valence-corrected chi connectivity index (χ3v) is 3.32. The van der Waals surface area contributed by atoms with Gasteiger partial charge < -0.3 is 4.98 Å². The average Bonchev–Trinajstić information content (AvgIpc) is 3.08. The Bertz CT molecular complexity index is 687. The Kier molecular flexibility index (Phi) is 2.90. The number of thiophene rings is 1. The number of pyridine rings is 1. The zero-order chi connectivity index (χ0) is 12.2. The van der Waals surface area contributed by atoms with Crippen molar-refractivity contribution in [2.24, 2.45) is 0 Å². The molecule has 3 aromatic rings. The maximum atomic E-state index is 4.21. The van der Waals surface area contributed by atoms with Gasteiger partial charge in [-0.3, -0.25) is 0 Å². The lowest BCUT2D eigenvalue weighted by atomic mass is 10.3. The van der Waals surface area contributed by atoms with E-state index in [0.717, 1.165) is 21.3 Å². The number of hydrogen-bond acceptors (Lipinski definition) is 3. The molecular formula is C14H9N3S. The van der Waals surface area contributed by atoms with Crippen LogP contribution in [-0.4, -0.2) is 15.0 Å². The van der Waals surface area contributed by atoms with Gasteiger partial charge in [-0.15, -0.1) is 11.3 Å². The third kappa shape index (κ3) is 2.31. The second-order valence-corrected chi connectivity index (χ2v) is 4.65. The molecule has 0 saturated carbocycles. The standard InChI is InChI=1S/C14H9N3S/c1-2-8-15-11(3-1)4-5-12-6-7-13(18-12)14-16-9-10-17-14/h1-3,6-10H,(H,16,17). The zero-order valence-corrected chi connectivity index (χ0v) is 10.2. The van der Waals surface area contributed by atoms with Gasteiger partial charge in [0.25, 0.3) is 0 Å². The summed E-state index contributed by atoms with van der Waals surface area (Å²) in [7, 11) is 0. The van der Waals surface area contributed by atoms with Gasteiger partial charge in [0.05, 0.1) is 9.75 Å². The van der Waals surface area contributed by atoms with E-state index in [2.05, 4.69) is 26.8 Å². The molecule has 0 atom stereocenters. The Labute approximate surface area is 109 Å². The molecule has 0 amide bonds. The molecule has 0 spiro atoms. The van der Waals surface area contributed by atoms with Crippen LogP contribution in [0.3, 0.4) is 0 Å². The Morgan fingerprint density at radius 2 is 2.00 bits per heavy atom. The van der Waals surface area contributed by atoms with Crippen LogP contribution in [0.1, 0.15) is 10.6 Å². The van der Waals surface area contributed by atoms with Crippen LogP contribution >= 0.6 is 11.3 Å². The van der Waals surface area contributed by atoms with Crippen molar-refractivity contribution in [2.75, 3.05) is 0 Å². The van der Waals surface area contributed by atoms with Crippen molar-refractivity contribution < 1.29 is 0 Å². The van der Waals surface area contributed by atoms with E-state index in [1.807, 2.05) is 36.5 Å². The molecule has 0 aliphatic heterocycles. The van der Waals surface area contributed by atoms with Gasteiger partial charge in [-0.05, 0) is 36.1 Å². The van der Waals surface area contributed by atoms with Crippen LogP contribution in [-0.2, 0) is 0 Å². The van der Waals surface area contributed by atoms with Crippen molar-refractivity contribution in [1.82, 2.24) is 15.0 Å². The molecule has 0 aliphatic carbocycles. The molecule has 1 N–H and O–H groups in total. The van der Waals surface area contributed by atoms with E-state index in [1.165, 1.54) is 0 Å². The molecular weight excluding hydrogens is 242 g/mol. The van der Waals surface area contributed by atoms with Gasteiger partial charge >= 0.3 is 0 Å². The minimum absolute atomic E-state index is 0.783. The fraction of sp³-hybridized carbons (Fsp3) is 0. The number of nitrogens with one attached hydrogen (secondary N) is 1. The number of hydrogen-bond donors (Lipinski definition) is 1. The molecule has 0 aliphatic rings. The molecule has 0 fully saturated rings. The van der Waals surface area contributed by atoms with Crippen LogP contribution in [0.15, 0.2) is 48.9 Å². The highest BCUT2D eigenvalue weighted by Gasteiger charge is 2.02. The van der Waals surface area contributed by atoms with E-state index >= 15 is 0 Å². The summed E-state index contributed by atoms with van der Waals surface area (Å²) in [5, 5.41) is 0. The van der Waals surface area contributed by atoms with Crippen LogP contribution in [0.4, 0.5) is 0 Å². The molecule has 3 nitrogen and oxygen atoms in total. The Hall–Kier alpha value is -2.38. The first-order valence-electron chi connectivity index (χ1n) is 5.44. The third-order valence-electron chi connectivity index (χ3n) is 2.32. The molecule has 18 heavy (non-hydrogen) atoms. The molecule has 0 unspecified atom stereocenters. The Morgan fingerprint density at radius 1 is 1.00 bits per heavy atom. The number of aromatic nitrogens is 3. The van der Waals surface area contributed by atoms with Gasteiger partial charge in [-0.2, -0.15) is 0 Å². The van der Waals surface area contributed by atoms with E-state index in [-0.39, 0.29) is 0 Å². The molecule has 0 bridgehead atoms. The summed E-state index contributed by atoms with van der Waals surface area (Å²) in [4.78, 5) is 13.5. The smallest absolute Gasteiger partial charge is 0.147 e. The molecule has 3 heterocycles. The van der Waals surface area contributed by atoms with Crippen molar-refractivity contribution in [2.45, 2.75) is 0 Å². The van der Waals surface area contributed by atoms with Gasteiger partial charge in [-0.25, -0.2) is 9.97 Å².